The zero-order valence-corrected chi connectivity index (χ0v) is 10.1. The monoisotopic (exact) mass is 252 g/mol. The van der Waals surface area contributed by atoms with Crippen molar-refractivity contribution in [2.75, 3.05) is 19.7 Å². The molecule has 0 bridgehead atoms. The first-order valence-corrected chi connectivity index (χ1v) is 6.15. The average molecular weight is 252 g/mol. The van der Waals surface area contributed by atoms with Gasteiger partial charge in [-0.25, -0.2) is 4.39 Å². The molecule has 0 radical (unpaired) electrons. The summed E-state index contributed by atoms with van der Waals surface area (Å²) in [7, 11) is 0. The number of halogens is 1. The molecule has 2 N–H and O–H groups in total. The van der Waals surface area contributed by atoms with Gasteiger partial charge in [0, 0.05) is 0 Å². The molecule has 1 atom stereocenters. The molecule has 18 heavy (non-hydrogen) atoms. The predicted molar refractivity (Wildman–Crippen MR) is 65.9 cm³/mol. The summed E-state index contributed by atoms with van der Waals surface area (Å²) in [5, 5.41) is 5.93. The van der Waals surface area contributed by atoms with E-state index in [1.165, 1.54) is 12.1 Å². The molecule has 1 aliphatic rings. The zero-order valence-electron chi connectivity index (χ0n) is 10.1. The van der Waals surface area contributed by atoms with E-state index >= 15 is 0 Å². The fourth-order valence-electron chi connectivity index (χ4n) is 1.91. The third-order valence-corrected chi connectivity index (χ3v) is 2.86. The van der Waals surface area contributed by atoms with E-state index in [0.717, 1.165) is 19.4 Å². The van der Waals surface area contributed by atoms with Crippen LogP contribution in [0.25, 0.3) is 0 Å². The lowest BCUT2D eigenvalue weighted by Crippen LogP contribution is -2.41. The SMILES string of the molecule is O=C(NCCOc1ccc(F)cc1)[C@@H]1CCCN1. The number of benzene rings is 1. The molecule has 1 fully saturated rings. The normalized spacial score (nSPS) is 18.6. The number of ether oxygens (including phenoxy) is 1. The minimum Gasteiger partial charge on any atom is -0.492 e. The lowest BCUT2D eigenvalue weighted by molar-refractivity contribution is -0.122. The molecule has 5 heteroatoms. The molecule has 1 amide bonds. The third kappa shape index (κ3) is 3.70. The summed E-state index contributed by atoms with van der Waals surface area (Å²) in [5.41, 5.74) is 0. The van der Waals surface area contributed by atoms with Crippen molar-refractivity contribution in [2.24, 2.45) is 0 Å². The smallest absolute Gasteiger partial charge is 0.237 e. The van der Waals surface area contributed by atoms with Gasteiger partial charge in [-0.2, -0.15) is 0 Å². The maximum absolute atomic E-state index is 12.6. The van der Waals surface area contributed by atoms with Crippen LogP contribution in [0, 0.1) is 5.82 Å². The van der Waals surface area contributed by atoms with Gasteiger partial charge in [0.2, 0.25) is 5.91 Å². The van der Waals surface area contributed by atoms with E-state index in [1.807, 2.05) is 0 Å². The molecule has 0 aliphatic carbocycles. The Kier molecular flexibility index (Phi) is 4.52. The van der Waals surface area contributed by atoms with Crippen LogP contribution >= 0.6 is 0 Å². The molecule has 1 aromatic carbocycles. The van der Waals surface area contributed by atoms with Gasteiger partial charge in [-0.3, -0.25) is 4.79 Å². The molecule has 0 saturated carbocycles. The fraction of sp³-hybridized carbons (Fsp3) is 0.462. The Morgan fingerprint density at radius 3 is 2.89 bits per heavy atom. The van der Waals surface area contributed by atoms with Crippen LogP contribution in [0.2, 0.25) is 0 Å². The highest BCUT2D eigenvalue weighted by Crippen LogP contribution is 2.10. The Morgan fingerprint density at radius 2 is 2.22 bits per heavy atom. The number of hydrogen-bond donors (Lipinski definition) is 2. The van der Waals surface area contributed by atoms with E-state index in [2.05, 4.69) is 10.6 Å². The van der Waals surface area contributed by atoms with E-state index in [0.29, 0.717) is 18.9 Å². The molecule has 1 aliphatic heterocycles. The van der Waals surface area contributed by atoms with Gasteiger partial charge in [0.05, 0.1) is 12.6 Å². The Bertz CT molecular complexity index is 388. The van der Waals surface area contributed by atoms with Crippen LogP contribution in [0.3, 0.4) is 0 Å². The van der Waals surface area contributed by atoms with Gasteiger partial charge in [-0.15, -0.1) is 0 Å². The van der Waals surface area contributed by atoms with E-state index in [4.69, 9.17) is 4.74 Å². The van der Waals surface area contributed by atoms with Crippen molar-refractivity contribution in [3.8, 4) is 5.75 Å². The van der Waals surface area contributed by atoms with Crippen molar-refractivity contribution in [3.05, 3.63) is 30.1 Å². The number of amides is 1. The highest BCUT2D eigenvalue weighted by Gasteiger charge is 2.21. The number of carbonyl (C=O) groups excluding carboxylic acids is 1. The minimum atomic E-state index is -0.289. The van der Waals surface area contributed by atoms with Crippen molar-refractivity contribution >= 4 is 5.91 Å². The van der Waals surface area contributed by atoms with Gasteiger partial charge < -0.3 is 15.4 Å². The quantitative estimate of drug-likeness (QED) is 0.771. The summed E-state index contributed by atoms with van der Waals surface area (Å²) in [6.45, 7) is 1.74. The Balaban J connectivity index is 1.63. The molecule has 0 spiro atoms. The fourth-order valence-corrected chi connectivity index (χ4v) is 1.91. The number of hydrogen-bond acceptors (Lipinski definition) is 3. The first-order chi connectivity index (χ1) is 8.75. The van der Waals surface area contributed by atoms with E-state index in [9.17, 15) is 9.18 Å². The van der Waals surface area contributed by atoms with Gasteiger partial charge in [-0.05, 0) is 43.7 Å². The first kappa shape index (κ1) is 12.8. The van der Waals surface area contributed by atoms with Gasteiger partial charge >= 0.3 is 0 Å². The number of nitrogens with one attached hydrogen (secondary N) is 2. The standard InChI is InChI=1S/C13H17FN2O2/c14-10-3-5-11(6-4-10)18-9-8-16-13(17)12-2-1-7-15-12/h3-6,12,15H,1-2,7-9H2,(H,16,17)/t12-/m0/s1. The summed E-state index contributed by atoms with van der Waals surface area (Å²) in [4.78, 5) is 11.6. The molecule has 1 saturated heterocycles. The first-order valence-electron chi connectivity index (χ1n) is 6.15. The summed E-state index contributed by atoms with van der Waals surface area (Å²) in [6, 6.07) is 5.76. The topological polar surface area (TPSA) is 50.4 Å². The molecule has 4 nitrogen and oxygen atoms in total. The third-order valence-electron chi connectivity index (χ3n) is 2.86. The number of carbonyl (C=O) groups is 1. The lowest BCUT2D eigenvalue weighted by atomic mass is 10.2. The predicted octanol–water partition coefficient (Wildman–Crippen LogP) is 1.07. The second-order valence-electron chi connectivity index (χ2n) is 4.24. The van der Waals surface area contributed by atoms with E-state index in [-0.39, 0.29) is 17.8 Å². The zero-order chi connectivity index (χ0) is 12.8. The van der Waals surface area contributed by atoms with Crippen molar-refractivity contribution in [1.29, 1.82) is 0 Å². The summed E-state index contributed by atoms with van der Waals surface area (Å²) < 4.78 is 18.0. The van der Waals surface area contributed by atoms with Crippen LogP contribution in [0.15, 0.2) is 24.3 Å². The molecule has 1 aromatic rings. The van der Waals surface area contributed by atoms with Crippen molar-refractivity contribution in [1.82, 2.24) is 10.6 Å². The van der Waals surface area contributed by atoms with Crippen LogP contribution in [0.1, 0.15) is 12.8 Å². The van der Waals surface area contributed by atoms with Crippen molar-refractivity contribution in [2.45, 2.75) is 18.9 Å². The van der Waals surface area contributed by atoms with Crippen molar-refractivity contribution < 1.29 is 13.9 Å². The summed E-state index contributed by atoms with van der Waals surface area (Å²) in [5.74, 6) is 0.336. The maximum atomic E-state index is 12.6. The molecular weight excluding hydrogens is 235 g/mol. The van der Waals surface area contributed by atoms with Crippen LogP contribution < -0.4 is 15.4 Å². The number of rotatable bonds is 5. The second kappa shape index (κ2) is 6.35. The Morgan fingerprint density at radius 1 is 1.44 bits per heavy atom. The Hall–Kier alpha value is -1.62. The van der Waals surface area contributed by atoms with Crippen LogP contribution in [-0.2, 0) is 4.79 Å². The maximum Gasteiger partial charge on any atom is 0.237 e. The summed E-state index contributed by atoms with van der Waals surface area (Å²) >= 11 is 0. The average Bonchev–Trinajstić information content (AvgIpc) is 2.90. The molecule has 1 heterocycles. The second-order valence-corrected chi connectivity index (χ2v) is 4.24. The van der Waals surface area contributed by atoms with E-state index < -0.39 is 0 Å². The summed E-state index contributed by atoms with van der Waals surface area (Å²) in [6.07, 6.45) is 1.94. The Labute approximate surface area is 106 Å². The van der Waals surface area contributed by atoms with Gasteiger partial charge in [0.1, 0.15) is 18.2 Å². The van der Waals surface area contributed by atoms with Crippen molar-refractivity contribution in [3.63, 3.8) is 0 Å². The van der Waals surface area contributed by atoms with Crippen LogP contribution in [0.4, 0.5) is 4.39 Å². The van der Waals surface area contributed by atoms with Gasteiger partial charge in [0.15, 0.2) is 0 Å². The molecule has 98 valence electrons. The molecule has 0 unspecified atom stereocenters. The molecule has 0 aromatic heterocycles. The van der Waals surface area contributed by atoms with Crippen LogP contribution in [-0.4, -0.2) is 31.6 Å². The lowest BCUT2D eigenvalue weighted by Gasteiger charge is -2.11. The largest absolute Gasteiger partial charge is 0.492 e. The molecular formula is C13H17FN2O2. The molecule has 2 rings (SSSR count). The van der Waals surface area contributed by atoms with E-state index in [1.54, 1.807) is 12.1 Å². The van der Waals surface area contributed by atoms with Gasteiger partial charge in [-0.1, -0.05) is 0 Å². The van der Waals surface area contributed by atoms with Crippen LogP contribution in [0.5, 0.6) is 5.75 Å². The van der Waals surface area contributed by atoms with Gasteiger partial charge in [0.25, 0.3) is 0 Å². The minimum absolute atomic E-state index is 0.0233. The highest BCUT2D eigenvalue weighted by molar-refractivity contribution is 5.81. The highest BCUT2D eigenvalue weighted by atomic mass is 19.1.